The van der Waals surface area contributed by atoms with Crippen molar-refractivity contribution in [2.45, 2.75) is 26.3 Å². The first-order valence-electron chi connectivity index (χ1n) is 9.78. The maximum absolute atomic E-state index is 12.2. The molecule has 1 N–H and O–H groups in total. The molecule has 6 nitrogen and oxygen atoms in total. The van der Waals surface area contributed by atoms with Crippen LogP contribution in [0.5, 0.6) is 11.5 Å². The molecule has 0 saturated heterocycles. The lowest BCUT2D eigenvalue weighted by atomic mass is 10.2. The van der Waals surface area contributed by atoms with E-state index in [1.54, 1.807) is 20.3 Å². The molecule has 0 aliphatic heterocycles. The van der Waals surface area contributed by atoms with Gasteiger partial charge in [-0.3, -0.25) is 4.79 Å². The summed E-state index contributed by atoms with van der Waals surface area (Å²) in [6.07, 6.45) is 5.00. The number of nitrogens with zero attached hydrogens (tertiary/aromatic N) is 2. The second kappa shape index (κ2) is 9.78. The van der Waals surface area contributed by atoms with Crippen molar-refractivity contribution in [3.05, 3.63) is 59.9 Å². The number of hydrogen-bond donors (Lipinski definition) is 1. The number of aromatic nitrogens is 2. The summed E-state index contributed by atoms with van der Waals surface area (Å²) in [6.45, 7) is 3.60. The molecule has 0 radical (unpaired) electrons. The van der Waals surface area contributed by atoms with Crippen LogP contribution in [0.15, 0.2) is 48.5 Å². The van der Waals surface area contributed by atoms with Gasteiger partial charge in [-0.2, -0.15) is 0 Å². The van der Waals surface area contributed by atoms with E-state index in [1.165, 1.54) is 6.08 Å². The zero-order valence-electron chi connectivity index (χ0n) is 17.1. The smallest absolute Gasteiger partial charge is 0.244 e. The van der Waals surface area contributed by atoms with Gasteiger partial charge >= 0.3 is 0 Å². The Bertz CT molecular complexity index is 1010. The van der Waals surface area contributed by atoms with Crippen LogP contribution in [-0.2, 0) is 17.8 Å². The van der Waals surface area contributed by atoms with Gasteiger partial charge < -0.3 is 19.4 Å². The maximum atomic E-state index is 12.2. The second-order valence-electron chi connectivity index (χ2n) is 6.66. The van der Waals surface area contributed by atoms with E-state index in [4.69, 9.17) is 14.5 Å². The number of amides is 1. The van der Waals surface area contributed by atoms with Crippen molar-refractivity contribution >= 4 is 23.0 Å². The number of rotatable bonds is 9. The Balaban J connectivity index is 1.60. The minimum atomic E-state index is -0.141. The molecule has 152 valence electrons. The van der Waals surface area contributed by atoms with Crippen molar-refractivity contribution in [2.75, 3.05) is 20.8 Å². The van der Waals surface area contributed by atoms with Gasteiger partial charge in [0.1, 0.15) is 5.82 Å². The number of fused-ring (bicyclic) bond motifs is 1. The van der Waals surface area contributed by atoms with Crippen LogP contribution in [0.4, 0.5) is 0 Å². The molecule has 0 aliphatic carbocycles. The Hall–Kier alpha value is -3.28. The Morgan fingerprint density at radius 3 is 2.69 bits per heavy atom. The van der Waals surface area contributed by atoms with Gasteiger partial charge in [-0.15, -0.1) is 0 Å². The molecule has 3 rings (SSSR count). The molecule has 1 heterocycles. The summed E-state index contributed by atoms with van der Waals surface area (Å²) in [7, 11) is 3.18. The molecule has 6 heteroatoms. The third kappa shape index (κ3) is 4.96. The van der Waals surface area contributed by atoms with Crippen LogP contribution in [0.3, 0.4) is 0 Å². The fourth-order valence-electron chi connectivity index (χ4n) is 3.27. The SMILES string of the molecule is CCCn1c(CCNC(=O)/C=C/c2ccc(OC)c(OC)c2)nc2ccccc21. The molecular formula is C23H27N3O3. The topological polar surface area (TPSA) is 65.4 Å². The first-order valence-corrected chi connectivity index (χ1v) is 9.78. The van der Waals surface area contributed by atoms with Crippen LogP contribution in [0, 0.1) is 0 Å². The van der Waals surface area contributed by atoms with Gasteiger partial charge in [0.25, 0.3) is 0 Å². The third-order valence-electron chi connectivity index (χ3n) is 4.66. The van der Waals surface area contributed by atoms with E-state index < -0.39 is 0 Å². The Morgan fingerprint density at radius 2 is 1.93 bits per heavy atom. The summed E-state index contributed by atoms with van der Waals surface area (Å²) in [6, 6.07) is 13.7. The molecule has 29 heavy (non-hydrogen) atoms. The van der Waals surface area contributed by atoms with E-state index in [1.807, 2.05) is 36.4 Å². The average Bonchev–Trinajstić information content (AvgIpc) is 3.09. The normalized spacial score (nSPS) is 11.1. The van der Waals surface area contributed by atoms with Crippen molar-refractivity contribution in [1.29, 1.82) is 0 Å². The fourth-order valence-corrected chi connectivity index (χ4v) is 3.27. The Morgan fingerprint density at radius 1 is 1.14 bits per heavy atom. The number of carbonyl (C=O) groups is 1. The first-order chi connectivity index (χ1) is 14.2. The molecule has 0 saturated carbocycles. The van der Waals surface area contributed by atoms with Crippen molar-refractivity contribution in [1.82, 2.24) is 14.9 Å². The predicted octanol–water partition coefficient (Wildman–Crippen LogP) is 3.84. The minimum Gasteiger partial charge on any atom is -0.493 e. The monoisotopic (exact) mass is 393 g/mol. The average molecular weight is 393 g/mol. The summed E-state index contributed by atoms with van der Waals surface area (Å²) >= 11 is 0. The lowest BCUT2D eigenvalue weighted by molar-refractivity contribution is -0.116. The minimum absolute atomic E-state index is 0.141. The number of methoxy groups -OCH3 is 2. The van der Waals surface area contributed by atoms with Gasteiger partial charge in [0.2, 0.25) is 5.91 Å². The highest BCUT2D eigenvalue weighted by molar-refractivity contribution is 5.91. The van der Waals surface area contributed by atoms with Gasteiger partial charge in [-0.05, 0) is 42.3 Å². The Labute approximate surface area is 171 Å². The van der Waals surface area contributed by atoms with Crippen molar-refractivity contribution in [2.24, 2.45) is 0 Å². The highest BCUT2D eigenvalue weighted by Crippen LogP contribution is 2.27. The van der Waals surface area contributed by atoms with Gasteiger partial charge in [0.05, 0.1) is 25.3 Å². The molecule has 0 atom stereocenters. The number of nitrogens with one attached hydrogen (secondary N) is 1. The largest absolute Gasteiger partial charge is 0.493 e. The van der Waals surface area contributed by atoms with Gasteiger partial charge in [0.15, 0.2) is 11.5 Å². The molecule has 1 amide bonds. The molecule has 0 spiro atoms. The lowest BCUT2D eigenvalue weighted by Crippen LogP contribution is -2.24. The lowest BCUT2D eigenvalue weighted by Gasteiger charge is -2.08. The Kier molecular flexibility index (Phi) is 6.89. The van der Waals surface area contributed by atoms with Crippen molar-refractivity contribution < 1.29 is 14.3 Å². The maximum Gasteiger partial charge on any atom is 0.244 e. The van der Waals surface area contributed by atoms with Crippen LogP contribution in [0.1, 0.15) is 24.7 Å². The van der Waals surface area contributed by atoms with Crippen LogP contribution < -0.4 is 14.8 Å². The van der Waals surface area contributed by atoms with Crippen LogP contribution >= 0.6 is 0 Å². The number of aryl methyl sites for hydroxylation is 1. The van der Waals surface area contributed by atoms with Gasteiger partial charge in [-0.1, -0.05) is 25.1 Å². The number of imidazole rings is 1. The van der Waals surface area contributed by atoms with Gasteiger partial charge in [-0.25, -0.2) is 4.98 Å². The van der Waals surface area contributed by atoms with E-state index >= 15 is 0 Å². The molecule has 0 aliphatic rings. The molecule has 0 bridgehead atoms. The van der Waals surface area contributed by atoms with E-state index in [9.17, 15) is 4.79 Å². The van der Waals surface area contributed by atoms with Crippen molar-refractivity contribution in [3.8, 4) is 11.5 Å². The molecule has 1 aromatic heterocycles. The summed E-state index contributed by atoms with van der Waals surface area (Å²) in [5.41, 5.74) is 3.00. The van der Waals surface area contributed by atoms with Crippen LogP contribution in [0.2, 0.25) is 0 Å². The summed E-state index contributed by atoms with van der Waals surface area (Å²) in [5, 5.41) is 2.93. The zero-order chi connectivity index (χ0) is 20.6. The number of para-hydroxylation sites is 2. The van der Waals surface area contributed by atoms with E-state index in [-0.39, 0.29) is 5.91 Å². The van der Waals surface area contributed by atoms with E-state index in [2.05, 4.69) is 22.9 Å². The molecule has 0 fully saturated rings. The number of carbonyl (C=O) groups excluding carboxylic acids is 1. The molecule has 2 aromatic carbocycles. The van der Waals surface area contributed by atoms with Crippen molar-refractivity contribution in [3.63, 3.8) is 0 Å². The number of hydrogen-bond acceptors (Lipinski definition) is 4. The fraction of sp³-hybridized carbons (Fsp3) is 0.304. The molecule has 0 unspecified atom stereocenters. The van der Waals surface area contributed by atoms with E-state index in [0.29, 0.717) is 24.5 Å². The summed E-state index contributed by atoms with van der Waals surface area (Å²) in [5.74, 6) is 2.14. The second-order valence-corrected chi connectivity index (χ2v) is 6.66. The molecular weight excluding hydrogens is 366 g/mol. The van der Waals surface area contributed by atoms with E-state index in [0.717, 1.165) is 35.4 Å². The quantitative estimate of drug-likeness (QED) is 0.561. The first kappa shape index (κ1) is 20.5. The van der Waals surface area contributed by atoms with Gasteiger partial charge in [0, 0.05) is 25.6 Å². The number of ether oxygens (including phenoxy) is 2. The zero-order valence-corrected chi connectivity index (χ0v) is 17.1. The van der Waals surface area contributed by atoms with Crippen LogP contribution in [0.25, 0.3) is 17.1 Å². The standard InChI is InChI=1S/C23H27N3O3/c1-4-15-26-19-8-6-5-7-18(19)25-22(26)13-14-24-23(27)12-10-17-9-11-20(28-2)21(16-17)29-3/h5-12,16H,4,13-15H2,1-3H3,(H,24,27)/b12-10+. The summed E-state index contributed by atoms with van der Waals surface area (Å²) < 4.78 is 12.7. The van der Waals surface area contributed by atoms with Crippen LogP contribution in [-0.4, -0.2) is 36.2 Å². The third-order valence-corrected chi connectivity index (χ3v) is 4.66. The predicted molar refractivity (Wildman–Crippen MR) is 115 cm³/mol. The summed E-state index contributed by atoms with van der Waals surface area (Å²) in [4.78, 5) is 16.9. The number of benzene rings is 2. The highest BCUT2D eigenvalue weighted by atomic mass is 16.5. The highest BCUT2D eigenvalue weighted by Gasteiger charge is 2.09. The molecule has 3 aromatic rings.